The van der Waals surface area contributed by atoms with E-state index in [1.54, 1.807) is 35.4 Å². The van der Waals surface area contributed by atoms with Crippen LogP contribution in [0.25, 0.3) is 5.69 Å². The quantitative estimate of drug-likeness (QED) is 0.791. The highest BCUT2D eigenvalue weighted by Crippen LogP contribution is 2.26. The molecule has 0 bridgehead atoms. The van der Waals surface area contributed by atoms with Crippen molar-refractivity contribution in [3.8, 4) is 5.69 Å². The normalized spacial score (nSPS) is 20.7. The molecular weight excluding hydrogens is 284 g/mol. The van der Waals surface area contributed by atoms with E-state index in [9.17, 15) is 9.59 Å². The van der Waals surface area contributed by atoms with Gasteiger partial charge in [0.1, 0.15) is 12.7 Å². The summed E-state index contributed by atoms with van der Waals surface area (Å²) in [6.07, 6.45) is 4.92. The van der Waals surface area contributed by atoms with Crippen molar-refractivity contribution in [3.63, 3.8) is 0 Å². The Bertz CT molecular complexity index is 735. The van der Waals surface area contributed by atoms with Gasteiger partial charge in [0.25, 0.3) is 11.8 Å². The number of ether oxygens (including phenoxy) is 1. The van der Waals surface area contributed by atoms with Crippen LogP contribution in [0.1, 0.15) is 33.6 Å². The van der Waals surface area contributed by atoms with Gasteiger partial charge in [-0.05, 0) is 31.0 Å². The lowest BCUT2D eigenvalue weighted by Gasteiger charge is -2.17. The Morgan fingerprint density at radius 2 is 1.91 bits per heavy atom. The van der Waals surface area contributed by atoms with Gasteiger partial charge >= 0.3 is 0 Å². The zero-order chi connectivity index (χ0) is 15.1. The van der Waals surface area contributed by atoms with Crippen LogP contribution >= 0.6 is 0 Å². The lowest BCUT2D eigenvalue weighted by Crippen LogP contribution is -2.36. The molecule has 0 spiro atoms. The van der Waals surface area contributed by atoms with Crippen molar-refractivity contribution in [2.75, 3.05) is 13.2 Å². The van der Waals surface area contributed by atoms with Crippen molar-refractivity contribution in [3.05, 3.63) is 42.0 Å². The number of hydrogen-bond donors (Lipinski definition) is 0. The number of fused-ring (bicyclic) bond motifs is 1. The van der Waals surface area contributed by atoms with Gasteiger partial charge in [-0.15, -0.1) is 10.2 Å². The maximum Gasteiger partial charge on any atom is 0.261 e. The van der Waals surface area contributed by atoms with Crippen LogP contribution in [0.15, 0.2) is 30.9 Å². The van der Waals surface area contributed by atoms with Crippen LogP contribution in [0.5, 0.6) is 0 Å². The highest BCUT2D eigenvalue weighted by molar-refractivity contribution is 6.21. The Morgan fingerprint density at radius 1 is 1.14 bits per heavy atom. The third kappa shape index (κ3) is 2.01. The number of carbonyl (C=O) groups excluding carboxylic acids is 2. The van der Waals surface area contributed by atoms with Gasteiger partial charge in [-0.3, -0.25) is 19.1 Å². The van der Waals surface area contributed by atoms with E-state index in [-0.39, 0.29) is 17.9 Å². The van der Waals surface area contributed by atoms with Crippen LogP contribution in [0.3, 0.4) is 0 Å². The van der Waals surface area contributed by atoms with Gasteiger partial charge in [-0.2, -0.15) is 0 Å². The van der Waals surface area contributed by atoms with E-state index in [1.807, 2.05) is 0 Å². The topological polar surface area (TPSA) is 77.3 Å². The van der Waals surface area contributed by atoms with E-state index in [0.29, 0.717) is 24.3 Å². The largest absolute Gasteiger partial charge is 0.376 e. The summed E-state index contributed by atoms with van der Waals surface area (Å²) < 4.78 is 7.22. The second-order valence-corrected chi connectivity index (χ2v) is 5.45. The average Bonchev–Trinajstić information content (AvgIpc) is 3.26. The first-order valence-corrected chi connectivity index (χ1v) is 7.21. The number of carbonyl (C=O) groups is 2. The van der Waals surface area contributed by atoms with Crippen LogP contribution in [0.4, 0.5) is 0 Å². The molecule has 7 nitrogen and oxygen atoms in total. The average molecular weight is 298 g/mol. The maximum atomic E-state index is 12.5. The number of hydrogen-bond acceptors (Lipinski definition) is 5. The Balaban J connectivity index is 1.65. The van der Waals surface area contributed by atoms with Crippen molar-refractivity contribution in [2.24, 2.45) is 0 Å². The summed E-state index contributed by atoms with van der Waals surface area (Å²) in [7, 11) is 0. The molecule has 2 aliphatic rings. The van der Waals surface area contributed by atoms with Gasteiger partial charge < -0.3 is 4.74 Å². The van der Waals surface area contributed by atoms with Gasteiger partial charge in [-0.1, -0.05) is 0 Å². The molecule has 0 saturated carbocycles. The number of benzene rings is 1. The third-order valence-corrected chi connectivity index (χ3v) is 4.08. The SMILES string of the molecule is O=C1c2ccc(-n3cnnc3)cc2C(=O)N1C[C@@H]1CCCO1. The van der Waals surface area contributed by atoms with Gasteiger partial charge in [0.15, 0.2) is 0 Å². The van der Waals surface area contributed by atoms with E-state index in [0.717, 1.165) is 18.5 Å². The van der Waals surface area contributed by atoms with Crippen molar-refractivity contribution < 1.29 is 14.3 Å². The first-order valence-electron chi connectivity index (χ1n) is 7.21. The molecule has 0 aliphatic carbocycles. The van der Waals surface area contributed by atoms with Gasteiger partial charge in [0.05, 0.1) is 23.8 Å². The molecule has 22 heavy (non-hydrogen) atoms. The van der Waals surface area contributed by atoms with Crippen molar-refractivity contribution in [2.45, 2.75) is 18.9 Å². The molecule has 112 valence electrons. The molecule has 2 aromatic rings. The molecule has 2 amide bonds. The summed E-state index contributed by atoms with van der Waals surface area (Å²) >= 11 is 0. The summed E-state index contributed by atoms with van der Waals surface area (Å²) in [6, 6.07) is 5.16. The molecule has 2 aliphatic heterocycles. The summed E-state index contributed by atoms with van der Waals surface area (Å²) in [5, 5.41) is 7.49. The number of rotatable bonds is 3. The molecule has 1 aromatic carbocycles. The van der Waals surface area contributed by atoms with Crippen LogP contribution in [0.2, 0.25) is 0 Å². The Hall–Kier alpha value is -2.54. The molecular formula is C15H14N4O3. The second-order valence-electron chi connectivity index (χ2n) is 5.45. The molecule has 0 radical (unpaired) electrons. The molecule has 1 aromatic heterocycles. The zero-order valence-corrected chi connectivity index (χ0v) is 11.8. The minimum absolute atomic E-state index is 0.0421. The van der Waals surface area contributed by atoms with Gasteiger partial charge in [0, 0.05) is 12.3 Å². The summed E-state index contributed by atoms with van der Waals surface area (Å²) in [4.78, 5) is 26.2. The maximum absolute atomic E-state index is 12.5. The van der Waals surface area contributed by atoms with E-state index >= 15 is 0 Å². The fraction of sp³-hybridized carbons (Fsp3) is 0.333. The molecule has 4 rings (SSSR count). The van der Waals surface area contributed by atoms with E-state index in [4.69, 9.17) is 4.74 Å². The van der Waals surface area contributed by atoms with Gasteiger partial charge in [0.2, 0.25) is 0 Å². The van der Waals surface area contributed by atoms with E-state index in [2.05, 4.69) is 10.2 Å². The minimum atomic E-state index is -0.259. The molecule has 0 unspecified atom stereocenters. The lowest BCUT2D eigenvalue weighted by molar-refractivity contribution is 0.0475. The van der Waals surface area contributed by atoms with Crippen LogP contribution in [0, 0.1) is 0 Å². The van der Waals surface area contributed by atoms with Crippen LogP contribution < -0.4 is 0 Å². The van der Waals surface area contributed by atoms with Crippen molar-refractivity contribution in [1.29, 1.82) is 0 Å². The predicted octanol–water partition coefficient (Wildman–Crippen LogP) is 1.04. The van der Waals surface area contributed by atoms with Crippen molar-refractivity contribution >= 4 is 11.8 Å². The summed E-state index contributed by atoms with van der Waals surface area (Å²) in [5.74, 6) is -0.503. The fourth-order valence-corrected chi connectivity index (χ4v) is 2.93. The third-order valence-electron chi connectivity index (χ3n) is 4.08. The monoisotopic (exact) mass is 298 g/mol. The Kier molecular flexibility index (Phi) is 3.00. The number of amides is 2. The first-order chi connectivity index (χ1) is 10.7. The highest BCUT2D eigenvalue weighted by atomic mass is 16.5. The predicted molar refractivity (Wildman–Crippen MR) is 75.7 cm³/mol. The fourth-order valence-electron chi connectivity index (χ4n) is 2.93. The first kappa shape index (κ1) is 13.1. The Labute approximate surface area is 126 Å². The summed E-state index contributed by atoms with van der Waals surface area (Å²) in [5.41, 5.74) is 1.62. The number of imide groups is 1. The van der Waals surface area contributed by atoms with Gasteiger partial charge in [-0.25, -0.2) is 0 Å². The van der Waals surface area contributed by atoms with Crippen LogP contribution in [-0.2, 0) is 4.74 Å². The van der Waals surface area contributed by atoms with Crippen molar-refractivity contribution in [1.82, 2.24) is 19.7 Å². The molecule has 0 N–H and O–H groups in total. The highest BCUT2D eigenvalue weighted by Gasteiger charge is 2.37. The Morgan fingerprint density at radius 3 is 2.64 bits per heavy atom. The van der Waals surface area contributed by atoms with E-state index < -0.39 is 0 Å². The van der Waals surface area contributed by atoms with Crippen LogP contribution in [-0.4, -0.2) is 50.7 Å². The van der Waals surface area contributed by atoms with E-state index in [1.165, 1.54) is 4.90 Å². The second kappa shape index (κ2) is 5.03. The lowest BCUT2D eigenvalue weighted by atomic mass is 10.1. The molecule has 1 fully saturated rings. The summed E-state index contributed by atoms with van der Waals surface area (Å²) in [6.45, 7) is 1.03. The standard InChI is InChI=1S/C15H14N4O3/c20-14-12-4-3-10(18-8-16-17-9-18)6-13(12)15(21)19(14)7-11-2-1-5-22-11/h3-4,6,8-9,11H,1-2,5,7H2/t11-/m0/s1. The number of aromatic nitrogens is 3. The zero-order valence-electron chi connectivity index (χ0n) is 11.8. The molecule has 3 heterocycles. The minimum Gasteiger partial charge on any atom is -0.376 e. The smallest absolute Gasteiger partial charge is 0.261 e. The molecule has 1 saturated heterocycles. The molecule has 1 atom stereocenters. The number of nitrogens with zero attached hydrogens (tertiary/aromatic N) is 4. The molecule has 7 heteroatoms.